The smallest absolute Gasteiger partial charge is 0.244 e. The molecule has 6 rings (SSSR count). The zero-order valence-electron chi connectivity index (χ0n) is 16.7. The Bertz CT molecular complexity index is 900. The summed E-state index contributed by atoms with van der Waals surface area (Å²) in [5.74, 6) is 2.68. The van der Waals surface area contributed by atoms with E-state index in [1.54, 1.807) is 12.3 Å². The van der Waals surface area contributed by atoms with Gasteiger partial charge in [-0.1, -0.05) is 36.4 Å². The molecule has 4 aliphatic rings. The van der Waals surface area contributed by atoms with Gasteiger partial charge in [-0.05, 0) is 85.0 Å². The average Bonchev–Trinajstić information content (AvgIpc) is 2.69. The van der Waals surface area contributed by atoms with Crippen molar-refractivity contribution in [2.24, 2.45) is 22.9 Å². The molecule has 29 heavy (non-hydrogen) atoms. The quantitative estimate of drug-likeness (QED) is 0.583. The number of phenolic OH excluding ortho intramolecular Hbond substituents is 1. The van der Waals surface area contributed by atoms with E-state index in [4.69, 9.17) is 0 Å². The van der Waals surface area contributed by atoms with Crippen molar-refractivity contribution in [1.82, 2.24) is 5.43 Å². The van der Waals surface area contributed by atoms with Crippen LogP contribution in [0.4, 0.5) is 0 Å². The molecule has 0 saturated heterocycles. The Morgan fingerprint density at radius 1 is 1.03 bits per heavy atom. The molecule has 0 radical (unpaired) electrons. The number of amides is 1. The fraction of sp³-hybridized carbons (Fsp3) is 0.440. The number of hydrogen-bond acceptors (Lipinski definition) is 3. The van der Waals surface area contributed by atoms with Gasteiger partial charge in [-0.3, -0.25) is 4.79 Å². The summed E-state index contributed by atoms with van der Waals surface area (Å²) >= 11 is 0. The third-order valence-electron chi connectivity index (χ3n) is 7.28. The fourth-order valence-corrected chi connectivity index (χ4v) is 6.45. The molecular formula is C25H28N2O2. The van der Waals surface area contributed by atoms with Crippen molar-refractivity contribution in [2.75, 3.05) is 0 Å². The number of hydrogen-bond donors (Lipinski definition) is 2. The van der Waals surface area contributed by atoms with E-state index in [0.29, 0.717) is 5.56 Å². The standard InChI is InChI=1S/C25H28N2O2/c28-23-7-6-22(25-13-18-8-19(14-25)10-20(9-18)15-25)12-21(23)16-26-27-24(29)11-17-4-2-1-3-5-17/h1-7,12,16,18-20,28H,8-11,13-15H2,(H,27,29)/b26-16+. The molecule has 150 valence electrons. The summed E-state index contributed by atoms with van der Waals surface area (Å²) in [7, 11) is 0. The van der Waals surface area contributed by atoms with Gasteiger partial charge in [-0.25, -0.2) is 5.43 Å². The predicted molar refractivity (Wildman–Crippen MR) is 114 cm³/mol. The third kappa shape index (κ3) is 3.68. The number of aromatic hydroxyl groups is 1. The summed E-state index contributed by atoms with van der Waals surface area (Å²) in [5, 5.41) is 14.4. The van der Waals surface area contributed by atoms with Crippen molar-refractivity contribution in [3.8, 4) is 5.75 Å². The molecule has 4 nitrogen and oxygen atoms in total. The van der Waals surface area contributed by atoms with E-state index in [-0.39, 0.29) is 23.5 Å². The maximum Gasteiger partial charge on any atom is 0.244 e. The molecule has 2 aromatic rings. The Morgan fingerprint density at radius 2 is 1.69 bits per heavy atom. The second kappa shape index (κ2) is 7.33. The molecule has 0 aliphatic heterocycles. The highest BCUT2D eigenvalue weighted by Crippen LogP contribution is 2.60. The van der Waals surface area contributed by atoms with Crippen LogP contribution >= 0.6 is 0 Å². The van der Waals surface area contributed by atoms with E-state index < -0.39 is 0 Å². The van der Waals surface area contributed by atoms with E-state index in [1.807, 2.05) is 30.3 Å². The fourth-order valence-electron chi connectivity index (χ4n) is 6.45. The number of carbonyl (C=O) groups is 1. The molecular weight excluding hydrogens is 360 g/mol. The average molecular weight is 389 g/mol. The summed E-state index contributed by atoms with van der Waals surface area (Å²) in [6.45, 7) is 0. The van der Waals surface area contributed by atoms with Crippen LogP contribution in [-0.2, 0) is 16.6 Å². The van der Waals surface area contributed by atoms with Gasteiger partial charge in [0, 0.05) is 5.56 Å². The zero-order chi connectivity index (χ0) is 19.8. The van der Waals surface area contributed by atoms with Crippen LogP contribution in [0, 0.1) is 17.8 Å². The van der Waals surface area contributed by atoms with Crippen molar-refractivity contribution in [3.63, 3.8) is 0 Å². The Hall–Kier alpha value is -2.62. The van der Waals surface area contributed by atoms with Gasteiger partial charge in [-0.15, -0.1) is 0 Å². The maximum atomic E-state index is 12.1. The molecule has 4 aliphatic carbocycles. The third-order valence-corrected chi connectivity index (χ3v) is 7.28. The van der Waals surface area contributed by atoms with Crippen LogP contribution in [0.3, 0.4) is 0 Å². The van der Waals surface area contributed by atoms with E-state index >= 15 is 0 Å². The van der Waals surface area contributed by atoms with E-state index in [2.05, 4.69) is 22.7 Å². The summed E-state index contributed by atoms with van der Waals surface area (Å²) < 4.78 is 0. The second-order valence-corrected chi connectivity index (χ2v) is 9.43. The molecule has 0 heterocycles. The van der Waals surface area contributed by atoms with Crippen molar-refractivity contribution in [2.45, 2.75) is 50.4 Å². The van der Waals surface area contributed by atoms with Crippen molar-refractivity contribution >= 4 is 12.1 Å². The minimum absolute atomic E-state index is 0.163. The van der Waals surface area contributed by atoms with Crippen molar-refractivity contribution in [1.29, 1.82) is 0 Å². The first-order chi connectivity index (χ1) is 14.1. The van der Waals surface area contributed by atoms with Crippen LogP contribution < -0.4 is 5.43 Å². The van der Waals surface area contributed by atoms with Crippen LogP contribution in [0.5, 0.6) is 5.75 Å². The molecule has 4 fully saturated rings. The number of phenols is 1. The lowest BCUT2D eigenvalue weighted by atomic mass is 9.48. The SMILES string of the molecule is O=C(Cc1ccccc1)N/N=C/c1cc(C23CC4CC(CC(C4)C2)C3)ccc1O. The first-order valence-electron chi connectivity index (χ1n) is 10.8. The minimum atomic E-state index is -0.163. The first kappa shape index (κ1) is 18.4. The van der Waals surface area contributed by atoms with E-state index in [1.165, 1.54) is 44.1 Å². The molecule has 4 bridgehead atoms. The largest absolute Gasteiger partial charge is 0.507 e. The van der Waals surface area contributed by atoms with Crippen LogP contribution in [0.15, 0.2) is 53.6 Å². The van der Waals surface area contributed by atoms with Crippen molar-refractivity contribution < 1.29 is 9.90 Å². The number of carbonyl (C=O) groups excluding carboxylic acids is 1. The highest BCUT2D eigenvalue weighted by molar-refractivity contribution is 5.86. The van der Waals surface area contributed by atoms with Crippen LogP contribution in [0.2, 0.25) is 0 Å². The Kier molecular flexibility index (Phi) is 4.65. The monoisotopic (exact) mass is 388 g/mol. The lowest BCUT2D eigenvalue weighted by Gasteiger charge is -2.57. The van der Waals surface area contributed by atoms with Crippen molar-refractivity contribution in [3.05, 3.63) is 65.2 Å². The van der Waals surface area contributed by atoms with Gasteiger partial charge in [0.25, 0.3) is 0 Å². The van der Waals surface area contributed by atoms with Gasteiger partial charge in [0.15, 0.2) is 0 Å². The minimum Gasteiger partial charge on any atom is -0.507 e. The van der Waals surface area contributed by atoms with Gasteiger partial charge in [-0.2, -0.15) is 5.10 Å². The van der Waals surface area contributed by atoms with Gasteiger partial charge in [0.05, 0.1) is 12.6 Å². The van der Waals surface area contributed by atoms with E-state index in [9.17, 15) is 9.90 Å². The lowest BCUT2D eigenvalue weighted by molar-refractivity contribution is -0.120. The lowest BCUT2D eigenvalue weighted by Crippen LogP contribution is -2.48. The molecule has 4 saturated carbocycles. The number of nitrogens with zero attached hydrogens (tertiary/aromatic N) is 1. The number of hydrazone groups is 1. The number of rotatable bonds is 5. The Balaban J connectivity index is 1.30. The zero-order valence-corrected chi connectivity index (χ0v) is 16.7. The molecule has 0 atom stereocenters. The first-order valence-corrected chi connectivity index (χ1v) is 10.8. The molecule has 0 spiro atoms. The highest BCUT2D eigenvalue weighted by atomic mass is 16.3. The molecule has 4 heteroatoms. The Morgan fingerprint density at radius 3 is 2.34 bits per heavy atom. The second-order valence-electron chi connectivity index (χ2n) is 9.43. The molecule has 0 aromatic heterocycles. The number of nitrogens with one attached hydrogen (secondary N) is 1. The molecule has 2 N–H and O–H groups in total. The van der Waals surface area contributed by atoms with Crippen LogP contribution in [0.1, 0.15) is 55.2 Å². The molecule has 0 unspecified atom stereocenters. The van der Waals surface area contributed by atoms with Gasteiger partial charge in [0.2, 0.25) is 5.91 Å². The molecule has 2 aromatic carbocycles. The van der Waals surface area contributed by atoms with Gasteiger partial charge < -0.3 is 5.11 Å². The molecule has 1 amide bonds. The summed E-state index contributed by atoms with van der Waals surface area (Å²) in [6.07, 6.45) is 9.97. The topological polar surface area (TPSA) is 61.7 Å². The summed E-state index contributed by atoms with van der Waals surface area (Å²) in [5.41, 5.74) is 5.83. The summed E-state index contributed by atoms with van der Waals surface area (Å²) in [4.78, 5) is 12.1. The van der Waals surface area contributed by atoms with E-state index in [0.717, 1.165) is 23.3 Å². The Labute approximate surface area is 172 Å². The highest BCUT2D eigenvalue weighted by Gasteiger charge is 2.51. The normalized spacial score (nSPS) is 30.0. The summed E-state index contributed by atoms with van der Waals surface area (Å²) in [6, 6.07) is 15.6. The number of benzene rings is 2. The maximum absolute atomic E-state index is 12.1. The van der Waals surface area contributed by atoms with Gasteiger partial charge >= 0.3 is 0 Å². The van der Waals surface area contributed by atoms with Gasteiger partial charge in [0.1, 0.15) is 5.75 Å². The van der Waals surface area contributed by atoms with Crippen LogP contribution in [0.25, 0.3) is 0 Å². The predicted octanol–water partition coefficient (Wildman–Crippen LogP) is 4.55. The van der Waals surface area contributed by atoms with Crippen LogP contribution in [-0.4, -0.2) is 17.2 Å².